The number of ether oxygens (including phenoxy) is 2. The highest BCUT2D eigenvalue weighted by atomic mass is 16.6. The molecule has 0 aromatic carbocycles. The number of fused-ring (bicyclic) bond motifs is 5. The van der Waals surface area contributed by atoms with Crippen LogP contribution in [0.25, 0.3) is 0 Å². The van der Waals surface area contributed by atoms with Crippen molar-refractivity contribution in [2.75, 3.05) is 13.2 Å². The van der Waals surface area contributed by atoms with Crippen LogP contribution in [0.2, 0.25) is 0 Å². The lowest BCUT2D eigenvalue weighted by Crippen LogP contribution is -2.66. The molecule has 8 nitrogen and oxygen atoms in total. The van der Waals surface area contributed by atoms with Gasteiger partial charge >= 0.3 is 0 Å². The average molecular weight is 637 g/mol. The molecular weight excluding hydrogens is 572 g/mol. The third-order valence-corrected chi connectivity index (χ3v) is 14.9. The fraction of sp³-hybridized carbons (Fsp3) is 0.946. The highest BCUT2D eigenvalue weighted by Gasteiger charge is 2.71. The maximum atomic E-state index is 12.3. The first-order valence-electron chi connectivity index (χ1n) is 17.8. The molecule has 5 rings (SSSR count). The van der Waals surface area contributed by atoms with E-state index in [1.165, 1.54) is 5.57 Å². The van der Waals surface area contributed by atoms with Crippen LogP contribution in [0, 0.1) is 45.3 Å². The molecule has 4 saturated carbocycles. The summed E-state index contributed by atoms with van der Waals surface area (Å²) in [6.07, 6.45) is 3.73. The van der Waals surface area contributed by atoms with Gasteiger partial charge in [-0.1, -0.05) is 46.3 Å². The van der Waals surface area contributed by atoms with Gasteiger partial charge in [0, 0.05) is 0 Å². The molecule has 0 radical (unpaired) electrons. The number of hydrogen-bond acceptors (Lipinski definition) is 8. The molecule has 260 valence electrons. The van der Waals surface area contributed by atoms with E-state index in [9.17, 15) is 30.6 Å². The Kier molecular flexibility index (Phi) is 9.83. The predicted molar refractivity (Wildman–Crippen MR) is 173 cm³/mol. The van der Waals surface area contributed by atoms with Gasteiger partial charge in [-0.05, 0) is 124 Å². The lowest BCUT2D eigenvalue weighted by atomic mass is 9.35. The second kappa shape index (κ2) is 12.4. The lowest BCUT2D eigenvalue weighted by Gasteiger charge is -2.70. The molecule has 8 heteroatoms. The van der Waals surface area contributed by atoms with Crippen LogP contribution >= 0.6 is 0 Å². The molecule has 1 heterocycles. The van der Waals surface area contributed by atoms with Crippen LogP contribution in [0.1, 0.15) is 113 Å². The van der Waals surface area contributed by atoms with E-state index in [0.29, 0.717) is 11.8 Å². The van der Waals surface area contributed by atoms with Crippen LogP contribution in [0.4, 0.5) is 0 Å². The van der Waals surface area contributed by atoms with Gasteiger partial charge in [0.05, 0.1) is 31.0 Å². The van der Waals surface area contributed by atoms with Gasteiger partial charge in [0.25, 0.3) is 0 Å². The zero-order chi connectivity index (χ0) is 33.3. The molecule has 0 bridgehead atoms. The van der Waals surface area contributed by atoms with E-state index in [0.717, 1.165) is 57.8 Å². The normalized spacial score (nSPS) is 50.6. The summed E-state index contributed by atoms with van der Waals surface area (Å²) in [4.78, 5) is 0. The van der Waals surface area contributed by atoms with Crippen LogP contribution in [0.5, 0.6) is 0 Å². The highest BCUT2D eigenvalue weighted by Crippen LogP contribution is 2.76. The maximum absolute atomic E-state index is 12.3. The zero-order valence-corrected chi connectivity index (χ0v) is 29.2. The lowest BCUT2D eigenvalue weighted by molar-refractivity contribution is -0.260. The van der Waals surface area contributed by atoms with Crippen molar-refractivity contribution in [3.05, 3.63) is 11.6 Å². The standard InChI is InChI=1S/C37H64O8/c1-21(2)10-9-14-37(8,44-20-25-31(42)32(43)30(41)24(19-38)45-25)22-11-16-36(7)29(22)23(39)18-27-34(5)15-13-28(40)33(3,4)26(34)12-17-35(27,36)6/h10,22-32,38-43H,9,11-20H2,1-8H3/t22-,23+,24+,25-,26-,27+,28-,29-,30+,31-,32-,34-,35+,36+,37-/m0/s1. The van der Waals surface area contributed by atoms with Gasteiger partial charge in [-0.3, -0.25) is 0 Å². The van der Waals surface area contributed by atoms with Crippen LogP contribution in [-0.2, 0) is 9.47 Å². The Labute approximate surface area is 271 Å². The van der Waals surface area contributed by atoms with E-state index >= 15 is 0 Å². The molecule has 0 spiro atoms. The van der Waals surface area contributed by atoms with Crippen LogP contribution in [-0.4, -0.2) is 92.2 Å². The summed E-state index contributed by atoms with van der Waals surface area (Å²) >= 11 is 0. The molecular formula is C37H64O8. The van der Waals surface area contributed by atoms with Crippen molar-refractivity contribution in [3.8, 4) is 0 Å². The smallest absolute Gasteiger partial charge is 0.111 e. The van der Waals surface area contributed by atoms with Crippen molar-refractivity contribution in [1.82, 2.24) is 0 Å². The summed E-state index contributed by atoms with van der Waals surface area (Å²) in [6, 6.07) is 0. The second-order valence-corrected chi connectivity index (χ2v) is 17.6. The summed E-state index contributed by atoms with van der Waals surface area (Å²) in [5.74, 6) is 0.929. The molecule has 15 atom stereocenters. The molecule has 1 aliphatic heterocycles. The molecule has 0 aromatic rings. The van der Waals surface area contributed by atoms with Crippen molar-refractivity contribution in [3.63, 3.8) is 0 Å². The quantitative estimate of drug-likeness (QED) is 0.216. The minimum atomic E-state index is -1.43. The predicted octanol–water partition coefficient (Wildman–Crippen LogP) is 4.37. The van der Waals surface area contributed by atoms with Crippen molar-refractivity contribution in [1.29, 1.82) is 0 Å². The third-order valence-electron chi connectivity index (χ3n) is 14.9. The summed E-state index contributed by atoms with van der Waals surface area (Å²) in [7, 11) is 0. The number of rotatable bonds is 8. The summed E-state index contributed by atoms with van der Waals surface area (Å²) in [6.45, 7) is 17.8. The zero-order valence-electron chi connectivity index (χ0n) is 29.2. The molecule has 4 aliphatic carbocycles. The van der Waals surface area contributed by atoms with E-state index in [4.69, 9.17) is 9.47 Å². The summed E-state index contributed by atoms with van der Waals surface area (Å²) < 4.78 is 12.6. The van der Waals surface area contributed by atoms with Crippen LogP contribution in [0.15, 0.2) is 11.6 Å². The number of allylic oxidation sites excluding steroid dienone is 2. The Morgan fingerprint density at radius 1 is 0.844 bits per heavy atom. The van der Waals surface area contributed by atoms with E-state index in [2.05, 4.69) is 61.5 Å². The SMILES string of the molecule is CC(C)=CCC[C@](C)(OC[C@@H]1O[C@H](CO)[C@@H](O)[C@H](O)[C@H]1O)[C@H]1CC[C@]2(C)[C@@H]1[C@H](O)C[C@@H]1[C@@]3(C)CC[C@H](O)C(C)(C)[C@@H]3CC[C@]12C. The largest absolute Gasteiger partial charge is 0.394 e. The highest BCUT2D eigenvalue weighted by molar-refractivity contribution is 5.20. The monoisotopic (exact) mass is 636 g/mol. The van der Waals surface area contributed by atoms with Crippen molar-refractivity contribution in [2.45, 2.75) is 162 Å². The minimum Gasteiger partial charge on any atom is -0.394 e. The maximum Gasteiger partial charge on any atom is 0.111 e. The topological polar surface area (TPSA) is 140 Å². The Morgan fingerprint density at radius 2 is 1.49 bits per heavy atom. The van der Waals surface area contributed by atoms with Gasteiger partial charge in [0.15, 0.2) is 0 Å². The molecule has 1 saturated heterocycles. The molecule has 0 aromatic heterocycles. The van der Waals surface area contributed by atoms with E-state index in [1.54, 1.807) is 0 Å². The van der Waals surface area contributed by atoms with Crippen LogP contribution in [0.3, 0.4) is 0 Å². The van der Waals surface area contributed by atoms with Crippen molar-refractivity contribution < 1.29 is 40.1 Å². The van der Waals surface area contributed by atoms with Gasteiger partial charge in [-0.2, -0.15) is 0 Å². The molecule has 45 heavy (non-hydrogen) atoms. The molecule has 6 N–H and O–H groups in total. The Balaban J connectivity index is 1.44. The van der Waals surface area contributed by atoms with Gasteiger partial charge in [-0.25, -0.2) is 0 Å². The van der Waals surface area contributed by atoms with Crippen LogP contribution < -0.4 is 0 Å². The van der Waals surface area contributed by atoms with Gasteiger partial charge in [-0.15, -0.1) is 0 Å². The number of aliphatic hydroxyl groups excluding tert-OH is 6. The fourth-order valence-corrected chi connectivity index (χ4v) is 12.0. The average Bonchev–Trinajstić information content (AvgIpc) is 3.35. The summed E-state index contributed by atoms with van der Waals surface area (Å²) in [5, 5.41) is 64.5. The second-order valence-electron chi connectivity index (χ2n) is 17.6. The number of aliphatic hydroxyl groups is 6. The van der Waals surface area contributed by atoms with Gasteiger partial charge < -0.3 is 40.1 Å². The van der Waals surface area contributed by atoms with Crippen molar-refractivity contribution >= 4 is 0 Å². The first-order valence-corrected chi connectivity index (χ1v) is 17.8. The fourth-order valence-electron chi connectivity index (χ4n) is 12.0. The third kappa shape index (κ3) is 5.59. The van der Waals surface area contributed by atoms with Gasteiger partial charge in [0.1, 0.15) is 30.5 Å². The van der Waals surface area contributed by atoms with E-state index < -0.39 is 48.8 Å². The first-order chi connectivity index (χ1) is 20.9. The van der Waals surface area contributed by atoms with E-state index in [1.807, 2.05) is 0 Å². The van der Waals surface area contributed by atoms with E-state index in [-0.39, 0.29) is 46.2 Å². The molecule has 0 amide bonds. The number of hydrogen-bond donors (Lipinski definition) is 6. The molecule has 0 unspecified atom stereocenters. The minimum absolute atomic E-state index is 0.0137. The first kappa shape index (κ1) is 35.7. The van der Waals surface area contributed by atoms with Gasteiger partial charge in [0.2, 0.25) is 0 Å². The Hall–Kier alpha value is -0.580. The van der Waals surface area contributed by atoms with Crippen molar-refractivity contribution in [2.24, 2.45) is 45.3 Å². The summed E-state index contributed by atoms with van der Waals surface area (Å²) in [5.41, 5.74) is 0.494. The molecule has 5 aliphatic rings. The Bertz CT molecular complexity index is 1090. The molecule has 5 fully saturated rings. The Morgan fingerprint density at radius 3 is 2.13 bits per heavy atom.